The van der Waals surface area contributed by atoms with Gasteiger partial charge in [0.05, 0.1) is 0 Å². The molecular formula is C14H20. The maximum atomic E-state index is 3.63. The Morgan fingerprint density at radius 1 is 1.21 bits per heavy atom. The van der Waals surface area contributed by atoms with E-state index in [0.29, 0.717) is 5.92 Å². The van der Waals surface area contributed by atoms with Crippen molar-refractivity contribution in [3.63, 3.8) is 0 Å². The first-order valence-corrected chi connectivity index (χ1v) is 5.04. The van der Waals surface area contributed by atoms with E-state index in [1.165, 1.54) is 12.0 Å². The topological polar surface area (TPSA) is 0 Å². The zero-order valence-electron chi connectivity index (χ0n) is 9.24. The first-order chi connectivity index (χ1) is 6.74. The van der Waals surface area contributed by atoms with Crippen LogP contribution in [0.15, 0.2) is 49.6 Å². The lowest BCUT2D eigenvalue weighted by Crippen LogP contribution is -1.80. The van der Waals surface area contributed by atoms with Gasteiger partial charge in [-0.1, -0.05) is 69.3 Å². The normalized spacial score (nSPS) is 10.7. The van der Waals surface area contributed by atoms with Gasteiger partial charge in [0.25, 0.3) is 0 Å². The van der Waals surface area contributed by atoms with E-state index < -0.39 is 0 Å². The molecule has 0 aromatic heterocycles. The Morgan fingerprint density at radius 3 is 2.00 bits per heavy atom. The first kappa shape index (κ1) is 12.7. The molecule has 14 heavy (non-hydrogen) atoms. The summed E-state index contributed by atoms with van der Waals surface area (Å²) in [6.07, 6.45) is 5.02. The van der Waals surface area contributed by atoms with Gasteiger partial charge >= 0.3 is 0 Å². The summed E-state index contributed by atoms with van der Waals surface area (Å²) in [7, 11) is 0. The monoisotopic (exact) mass is 188 g/mol. The average molecular weight is 188 g/mol. The van der Waals surface area contributed by atoms with Gasteiger partial charge in [0.1, 0.15) is 0 Å². The minimum Gasteiger partial charge on any atom is -0.103 e. The molecule has 0 N–H and O–H groups in total. The van der Waals surface area contributed by atoms with Crippen LogP contribution >= 0.6 is 0 Å². The zero-order valence-corrected chi connectivity index (χ0v) is 9.24. The van der Waals surface area contributed by atoms with Gasteiger partial charge in [-0.3, -0.25) is 0 Å². The van der Waals surface area contributed by atoms with Gasteiger partial charge in [0, 0.05) is 0 Å². The number of rotatable bonds is 3. The van der Waals surface area contributed by atoms with E-state index >= 15 is 0 Å². The van der Waals surface area contributed by atoms with Crippen molar-refractivity contribution < 1.29 is 0 Å². The summed E-state index contributed by atoms with van der Waals surface area (Å²) >= 11 is 0. The van der Waals surface area contributed by atoms with Crippen LogP contribution < -0.4 is 0 Å². The van der Waals surface area contributed by atoms with Crippen LogP contribution in [0, 0.1) is 5.92 Å². The molecule has 0 bridgehead atoms. The summed E-state index contributed by atoms with van der Waals surface area (Å²) in [5.41, 5.74) is 1.17. The van der Waals surface area contributed by atoms with E-state index in [9.17, 15) is 0 Å². The molecule has 0 spiro atoms. The highest BCUT2D eigenvalue weighted by molar-refractivity contribution is 5.45. The van der Waals surface area contributed by atoms with Gasteiger partial charge in [0.15, 0.2) is 0 Å². The largest absolute Gasteiger partial charge is 0.103 e. The molecule has 1 atom stereocenters. The maximum Gasteiger partial charge on any atom is -0.0263 e. The molecule has 0 nitrogen and oxygen atoms in total. The fourth-order valence-electron chi connectivity index (χ4n) is 0.756. The maximum absolute atomic E-state index is 3.63. The van der Waals surface area contributed by atoms with E-state index in [4.69, 9.17) is 0 Å². The minimum absolute atomic E-state index is 0.699. The molecule has 1 rings (SSSR count). The van der Waals surface area contributed by atoms with Crippen LogP contribution in [0.3, 0.4) is 0 Å². The van der Waals surface area contributed by atoms with Crippen LogP contribution in [-0.2, 0) is 0 Å². The Hall–Kier alpha value is -1.30. The van der Waals surface area contributed by atoms with E-state index in [1.807, 2.05) is 42.5 Å². The molecule has 1 aromatic rings. The minimum atomic E-state index is 0.699. The molecule has 1 unspecified atom stereocenters. The summed E-state index contributed by atoms with van der Waals surface area (Å²) in [4.78, 5) is 0. The van der Waals surface area contributed by atoms with Crippen molar-refractivity contribution in [3.8, 4) is 0 Å². The van der Waals surface area contributed by atoms with Gasteiger partial charge < -0.3 is 0 Å². The Morgan fingerprint density at radius 2 is 1.79 bits per heavy atom. The van der Waals surface area contributed by atoms with Crippen molar-refractivity contribution in [1.82, 2.24) is 0 Å². The van der Waals surface area contributed by atoms with E-state index in [1.54, 1.807) is 0 Å². The average Bonchev–Trinajstić information content (AvgIpc) is 2.30. The van der Waals surface area contributed by atoms with E-state index in [2.05, 4.69) is 27.0 Å². The third-order valence-corrected chi connectivity index (χ3v) is 2.08. The van der Waals surface area contributed by atoms with Crippen LogP contribution in [0.2, 0.25) is 0 Å². The second-order valence-electron chi connectivity index (χ2n) is 3.24. The SMILES string of the molecule is C=CC(C)CC.C=Cc1ccccc1. The van der Waals surface area contributed by atoms with Gasteiger partial charge in [-0.2, -0.15) is 0 Å². The van der Waals surface area contributed by atoms with Crippen LogP contribution in [-0.4, -0.2) is 0 Å². The molecule has 0 fully saturated rings. The lowest BCUT2D eigenvalue weighted by Gasteiger charge is -1.93. The summed E-state index contributed by atoms with van der Waals surface area (Å²) in [5, 5.41) is 0. The summed E-state index contributed by atoms with van der Waals surface area (Å²) < 4.78 is 0. The van der Waals surface area contributed by atoms with Crippen LogP contribution in [0.4, 0.5) is 0 Å². The van der Waals surface area contributed by atoms with Gasteiger partial charge in [0.2, 0.25) is 0 Å². The number of hydrogen-bond acceptors (Lipinski definition) is 0. The second kappa shape index (κ2) is 8.31. The van der Waals surface area contributed by atoms with Crippen LogP contribution in [0.5, 0.6) is 0 Å². The Kier molecular flexibility index (Phi) is 7.53. The smallest absolute Gasteiger partial charge is 0.0263 e. The molecule has 0 amide bonds. The molecule has 0 aliphatic carbocycles. The third kappa shape index (κ3) is 6.24. The number of benzene rings is 1. The molecule has 0 radical (unpaired) electrons. The molecule has 0 heteroatoms. The molecule has 0 saturated carbocycles. The van der Waals surface area contributed by atoms with Crippen molar-refractivity contribution in [3.05, 3.63) is 55.1 Å². The first-order valence-electron chi connectivity index (χ1n) is 5.04. The Labute approximate surface area is 88.0 Å². The standard InChI is InChI=1S/C8H8.C6H12/c1-2-8-6-4-3-5-7-8;1-4-6(3)5-2/h2-7H,1H2;4,6H,1,5H2,2-3H3. The van der Waals surface area contributed by atoms with E-state index in [-0.39, 0.29) is 0 Å². The molecule has 1 aromatic carbocycles. The molecular weight excluding hydrogens is 168 g/mol. The third-order valence-electron chi connectivity index (χ3n) is 2.08. The fourth-order valence-corrected chi connectivity index (χ4v) is 0.756. The van der Waals surface area contributed by atoms with Crippen molar-refractivity contribution in [1.29, 1.82) is 0 Å². The Bertz CT molecular complexity index is 246. The number of allylic oxidation sites excluding steroid dienone is 1. The van der Waals surface area contributed by atoms with Crippen molar-refractivity contribution in [2.75, 3.05) is 0 Å². The van der Waals surface area contributed by atoms with Crippen LogP contribution in [0.1, 0.15) is 25.8 Å². The molecule has 0 aliphatic rings. The molecule has 0 aliphatic heterocycles. The summed E-state index contributed by atoms with van der Waals surface area (Å²) in [5.74, 6) is 0.699. The van der Waals surface area contributed by atoms with Crippen molar-refractivity contribution in [2.24, 2.45) is 5.92 Å². The Balaban J connectivity index is 0.000000255. The second-order valence-corrected chi connectivity index (χ2v) is 3.24. The number of hydrogen-bond donors (Lipinski definition) is 0. The lowest BCUT2D eigenvalue weighted by molar-refractivity contribution is 0.700. The lowest BCUT2D eigenvalue weighted by atomic mass is 10.1. The highest BCUT2D eigenvalue weighted by Gasteiger charge is 1.84. The quantitative estimate of drug-likeness (QED) is 0.610. The van der Waals surface area contributed by atoms with Gasteiger partial charge in [-0.05, 0) is 11.5 Å². The zero-order chi connectivity index (χ0) is 10.8. The van der Waals surface area contributed by atoms with Gasteiger partial charge in [-0.25, -0.2) is 0 Å². The highest BCUT2D eigenvalue weighted by atomic mass is 13.9. The summed E-state index contributed by atoms with van der Waals surface area (Å²) in [6, 6.07) is 10.0. The van der Waals surface area contributed by atoms with Crippen LogP contribution in [0.25, 0.3) is 6.08 Å². The van der Waals surface area contributed by atoms with E-state index in [0.717, 1.165) is 0 Å². The fraction of sp³-hybridized carbons (Fsp3) is 0.286. The van der Waals surface area contributed by atoms with Crippen molar-refractivity contribution in [2.45, 2.75) is 20.3 Å². The predicted molar refractivity (Wildman–Crippen MR) is 66.2 cm³/mol. The molecule has 0 heterocycles. The predicted octanol–water partition coefficient (Wildman–Crippen LogP) is 4.55. The molecule has 76 valence electrons. The summed E-state index contributed by atoms with van der Waals surface area (Å²) in [6.45, 7) is 11.6. The van der Waals surface area contributed by atoms with Crippen molar-refractivity contribution >= 4 is 6.08 Å². The molecule has 0 saturated heterocycles. The van der Waals surface area contributed by atoms with Gasteiger partial charge in [-0.15, -0.1) is 6.58 Å². The highest BCUT2D eigenvalue weighted by Crippen LogP contribution is 1.98.